The van der Waals surface area contributed by atoms with Gasteiger partial charge in [0.1, 0.15) is 16.0 Å². The Morgan fingerprint density at radius 2 is 1.41 bits per heavy atom. The van der Waals surface area contributed by atoms with Gasteiger partial charge in [-0.3, -0.25) is 0 Å². The van der Waals surface area contributed by atoms with Crippen molar-refractivity contribution in [1.82, 2.24) is 0 Å². The monoisotopic (exact) mass is 327 g/mol. The minimum Gasteiger partial charge on any atom is -0.747 e. The van der Waals surface area contributed by atoms with Gasteiger partial charge < -0.3 is 9.87 Å². The maximum absolute atomic E-state index is 10.5. The van der Waals surface area contributed by atoms with E-state index in [4.69, 9.17) is 0 Å². The van der Waals surface area contributed by atoms with Crippen LogP contribution in [0.4, 0.5) is 17.1 Å². The van der Waals surface area contributed by atoms with Crippen molar-refractivity contribution in [3.63, 3.8) is 0 Å². The summed E-state index contributed by atoms with van der Waals surface area (Å²) >= 11 is 0. The maximum atomic E-state index is 10.5. The molecule has 0 fully saturated rings. The Bertz CT molecular complexity index is 729. The van der Waals surface area contributed by atoms with Crippen LogP contribution in [-0.2, 0) is 10.1 Å². The molecule has 2 aromatic rings. The first-order valence-electron chi connectivity index (χ1n) is 6.18. The summed E-state index contributed by atoms with van der Waals surface area (Å²) in [7, 11) is -4.29. The van der Waals surface area contributed by atoms with E-state index in [0.717, 1.165) is 11.3 Å². The van der Waals surface area contributed by atoms with Crippen molar-refractivity contribution < 1.29 is 42.5 Å². The molecule has 0 heterocycles. The molecular weight excluding hydrogens is 313 g/mol. The SMILES string of the molecule is Cc1ccc(N=Nc2ccc(NCS(=O)(=O)[O-])cc2)cc1.[Na+]. The molecule has 0 radical (unpaired) electrons. The Hall–Kier alpha value is -1.25. The smallest absolute Gasteiger partial charge is 0.747 e. The van der Waals surface area contributed by atoms with E-state index < -0.39 is 16.0 Å². The number of rotatable bonds is 5. The molecule has 0 amide bonds. The molecule has 0 aliphatic heterocycles. The topological polar surface area (TPSA) is 94.0 Å². The summed E-state index contributed by atoms with van der Waals surface area (Å²) in [5, 5.41) is 10.7. The quantitative estimate of drug-likeness (QED) is 0.486. The second kappa shape index (κ2) is 8.40. The minimum atomic E-state index is -4.29. The van der Waals surface area contributed by atoms with Gasteiger partial charge >= 0.3 is 29.6 Å². The average Bonchev–Trinajstić information content (AvgIpc) is 2.45. The van der Waals surface area contributed by atoms with E-state index in [0.29, 0.717) is 11.4 Å². The fourth-order valence-corrected chi connectivity index (χ4v) is 1.89. The summed E-state index contributed by atoms with van der Waals surface area (Å²) < 4.78 is 31.5. The third-order valence-corrected chi connectivity index (χ3v) is 3.13. The predicted molar refractivity (Wildman–Crippen MR) is 80.0 cm³/mol. The first kappa shape index (κ1) is 18.8. The second-order valence-corrected chi connectivity index (χ2v) is 5.87. The number of aryl methyl sites for hydroxylation is 1. The summed E-state index contributed by atoms with van der Waals surface area (Å²) in [6, 6.07) is 14.3. The summed E-state index contributed by atoms with van der Waals surface area (Å²) in [5.41, 5.74) is 3.06. The van der Waals surface area contributed by atoms with Crippen molar-refractivity contribution in [2.24, 2.45) is 10.2 Å². The molecule has 22 heavy (non-hydrogen) atoms. The van der Waals surface area contributed by atoms with Crippen molar-refractivity contribution in [3.05, 3.63) is 54.1 Å². The largest absolute Gasteiger partial charge is 1.00 e. The average molecular weight is 327 g/mol. The molecule has 0 spiro atoms. The Morgan fingerprint density at radius 3 is 1.86 bits per heavy atom. The van der Waals surface area contributed by atoms with Crippen molar-refractivity contribution in [1.29, 1.82) is 0 Å². The summed E-state index contributed by atoms with van der Waals surface area (Å²) in [4.78, 5) is 0. The molecule has 110 valence electrons. The number of hydrogen-bond acceptors (Lipinski definition) is 6. The van der Waals surface area contributed by atoms with Crippen molar-refractivity contribution in [2.45, 2.75) is 6.92 Å². The molecule has 8 heteroatoms. The molecule has 0 saturated heterocycles. The second-order valence-electron chi connectivity index (χ2n) is 4.46. The standard InChI is InChI=1S/C14H15N3O3S.Na/c1-11-2-4-13(5-3-11)16-17-14-8-6-12(7-9-14)15-10-21(18,19)20;/h2-9,15H,10H2,1H3,(H,18,19,20);/q;+1/p-1. The first-order chi connectivity index (χ1) is 9.92. The first-order valence-corrected chi connectivity index (χ1v) is 7.76. The molecule has 0 atom stereocenters. The van der Waals surface area contributed by atoms with Crippen LogP contribution in [0.5, 0.6) is 0 Å². The molecule has 0 unspecified atom stereocenters. The van der Waals surface area contributed by atoms with Crippen LogP contribution in [0.25, 0.3) is 0 Å². The van der Waals surface area contributed by atoms with Gasteiger partial charge in [0.2, 0.25) is 0 Å². The molecule has 0 aliphatic carbocycles. The molecule has 2 rings (SSSR count). The molecule has 6 nitrogen and oxygen atoms in total. The zero-order valence-corrected chi connectivity index (χ0v) is 15.2. The summed E-state index contributed by atoms with van der Waals surface area (Å²) in [6.45, 7) is 1.99. The van der Waals surface area contributed by atoms with Gasteiger partial charge in [0.25, 0.3) is 0 Å². The molecule has 0 aliphatic rings. The summed E-state index contributed by atoms with van der Waals surface area (Å²) in [5.74, 6) is -0.642. The summed E-state index contributed by atoms with van der Waals surface area (Å²) in [6.07, 6.45) is 0. The third kappa shape index (κ3) is 6.67. The minimum absolute atomic E-state index is 0. The fraction of sp³-hybridized carbons (Fsp3) is 0.143. The van der Waals surface area contributed by atoms with Gasteiger partial charge in [-0.1, -0.05) is 17.7 Å². The van der Waals surface area contributed by atoms with E-state index in [1.165, 1.54) is 0 Å². The van der Waals surface area contributed by atoms with Crippen LogP contribution in [0.15, 0.2) is 58.8 Å². The molecule has 0 saturated carbocycles. The van der Waals surface area contributed by atoms with Crippen LogP contribution in [0.2, 0.25) is 0 Å². The van der Waals surface area contributed by atoms with Crippen molar-refractivity contribution >= 4 is 27.2 Å². The van der Waals surface area contributed by atoms with Crippen LogP contribution in [0, 0.1) is 6.92 Å². The zero-order chi connectivity index (χ0) is 15.3. The Kier molecular flexibility index (Phi) is 7.18. The van der Waals surface area contributed by atoms with Crippen LogP contribution in [0.3, 0.4) is 0 Å². The van der Waals surface area contributed by atoms with Gasteiger partial charge in [-0.25, -0.2) is 8.42 Å². The van der Waals surface area contributed by atoms with E-state index in [1.54, 1.807) is 24.3 Å². The Morgan fingerprint density at radius 1 is 0.955 bits per heavy atom. The van der Waals surface area contributed by atoms with E-state index in [-0.39, 0.29) is 29.6 Å². The van der Waals surface area contributed by atoms with Crippen LogP contribution < -0.4 is 34.9 Å². The number of nitrogens with zero attached hydrogens (tertiary/aromatic N) is 2. The van der Waals surface area contributed by atoms with Crippen molar-refractivity contribution in [3.8, 4) is 0 Å². The third-order valence-electron chi connectivity index (χ3n) is 2.64. The van der Waals surface area contributed by atoms with Crippen LogP contribution >= 0.6 is 0 Å². The van der Waals surface area contributed by atoms with E-state index in [9.17, 15) is 13.0 Å². The Balaban J connectivity index is 0.00000242. The molecule has 0 bridgehead atoms. The molecule has 0 aromatic heterocycles. The van der Waals surface area contributed by atoms with Gasteiger partial charge in [-0.15, -0.1) is 0 Å². The normalized spacial score (nSPS) is 11.2. The number of anilines is 1. The maximum Gasteiger partial charge on any atom is 1.00 e. The number of benzene rings is 2. The Labute approximate surface area is 151 Å². The number of nitrogens with one attached hydrogen (secondary N) is 1. The van der Waals surface area contributed by atoms with Gasteiger partial charge in [0.05, 0.1) is 11.4 Å². The van der Waals surface area contributed by atoms with Crippen LogP contribution in [-0.4, -0.2) is 18.8 Å². The zero-order valence-electron chi connectivity index (χ0n) is 12.4. The fourth-order valence-electron chi connectivity index (χ4n) is 1.54. The van der Waals surface area contributed by atoms with E-state index in [1.807, 2.05) is 31.2 Å². The van der Waals surface area contributed by atoms with Gasteiger partial charge in [-0.2, -0.15) is 10.2 Å². The molecule has 2 aromatic carbocycles. The molecular formula is C14H14N3NaO3S. The van der Waals surface area contributed by atoms with Gasteiger partial charge in [0.15, 0.2) is 0 Å². The van der Waals surface area contributed by atoms with Crippen LogP contribution in [0.1, 0.15) is 5.56 Å². The van der Waals surface area contributed by atoms with E-state index in [2.05, 4.69) is 15.5 Å². The van der Waals surface area contributed by atoms with E-state index >= 15 is 0 Å². The van der Waals surface area contributed by atoms with Gasteiger partial charge in [0, 0.05) is 5.69 Å². The van der Waals surface area contributed by atoms with Gasteiger partial charge in [-0.05, 0) is 43.3 Å². The predicted octanol–water partition coefficient (Wildman–Crippen LogP) is 0.329. The number of azo groups is 1. The van der Waals surface area contributed by atoms with Crippen molar-refractivity contribution in [2.75, 3.05) is 11.2 Å². The molecule has 1 N–H and O–H groups in total. The number of hydrogen-bond donors (Lipinski definition) is 1.